The van der Waals surface area contributed by atoms with Crippen LogP contribution < -0.4 is 5.73 Å². The van der Waals surface area contributed by atoms with E-state index in [1.807, 2.05) is 0 Å². The van der Waals surface area contributed by atoms with E-state index in [9.17, 15) is 14.5 Å². The quantitative estimate of drug-likeness (QED) is 0.292. The van der Waals surface area contributed by atoms with Crippen LogP contribution in [0.2, 0.25) is 0 Å². The molecule has 5 nitrogen and oxygen atoms in total. The van der Waals surface area contributed by atoms with Crippen LogP contribution in [-0.4, -0.2) is 16.6 Å². The summed E-state index contributed by atoms with van der Waals surface area (Å²) in [6, 6.07) is 2.37. The lowest BCUT2D eigenvalue weighted by Gasteiger charge is -2.03. The standard InChI is InChI=1S/C9H9ClFN3O2/c1-5-6(13-8(12)4-10)2-3-7(9(5)11)14(15)16/h2-3H,4H2,1H3,(H2,12,13). The Bertz CT molecular complexity index is 462. The average molecular weight is 246 g/mol. The van der Waals surface area contributed by atoms with Crippen molar-refractivity contribution < 1.29 is 9.31 Å². The van der Waals surface area contributed by atoms with Gasteiger partial charge in [0.1, 0.15) is 5.84 Å². The minimum absolute atomic E-state index is 0.0120. The minimum atomic E-state index is -0.909. The number of hydrogen-bond donors (Lipinski definition) is 1. The summed E-state index contributed by atoms with van der Waals surface area (Å²) in [6.45, 7) is 1.39. The summed E-state index contributed by atoms with van der Waals surface area (Å²) < 4.78 is 13.5. The second kappa shape index (κ2) is 4.89. The molecule has 0 saturated carbocycles. The van der Waals surface area contributed by atoms with E-state index in [1.165, 1.54) is 13.0 Å². The van der Waals surface area contributed by atoms with Crippen LogP contribution in [0.15, 0.2) is 17.1 Å². The van der Waals surface area contributed by atoms with Gasteiger partial charge in [-0.2, -0.15) is 4.39 Å². The first-order valence-corrected chi connectivity index (χ1v) is 4.83. The van der Waals surface area contributed by atoms with Crippen molar-refractivity contribution in [2.75, 3.05) is 5.88 Å². The summed E-state index contributed by atoms with van der Waals surface area (Å²) in [5.41, 5.74) is 5.11. The number of aliphatic imine (C=N–C) groups is 1. The van der Waals surface area contributed by atoms with Gasteiger partial charge in [-0.1, -0.05) is 0 Å². The van der Waals surface area contributed by atoms with Crippen molar-refractivity contribution in [1.82, 2.24) is 0 Å². The van der Waals surface area contributed by atoms with E-state index in [4.69, 9.17) is 17.3 Å². The Balaban J connectivity index is 3.27. The van der Waals surface area contributed by atoms with Crippen molar-refractivity contribution in [3.05, 3.63) is 33.6 Å². The molecule has 0 spiro atoms. The summed E-state index contributed by atoms with van der Waals surface area (Å²) in [4.78, 5) is 13.5. The molecule has 0 unspecified atom stereocenters. The first kappa shape index (κ1) is 12.4. The smallest absolute Gasteiger partial charge is 0.305 e. The summed E-state index contributed by atoms with van der Waals surface area (Å²) in [7, 11) is 0. The second-order valence-electron chi connectivity index (χ2n) is 3.04. The van der Waals surface area contributed by atoms with Crippen LogP contribution in [0.3, 0.4) is 0 Å². The maximum atomic E-state index is 13.5. The van der Waals surface area contributed by atoms with Crippen LogP contribution in [0, 0.1) is 22.9 Å². The minimum Gasteiger partial charge on any atom is -0.386 e. The molecule has 0 amide bonds. The SMILES string of the molecule is Cc1c(N=C(N)CCl)ccc([N+](=O)[O-])c1F. The van der Waals surface area contributed by atoms with Crippen molar-refractivity contribution in [2.24, 2.45) is 10.7 Å². The molecular weight excluding hydrogens is 237 g/mol. The third kappa shape index (κ3) is 2.46. The summed E-state index contributed by atoms with van der Waals surface area (Å²) in [5.74, 6) is -0.774. The third-order valence-electron chi connectivity index (χ3n) is 1.94. The Hall–Kier alpha value is -1.69. The number of amidine groups is 1. The van der Waals surface area contributed by atoms with E-state index in [0.717, 1.165) is 6.07 Å². The molecule has 0 aliphatic rings. The normalized spacial score (nSPS) is 11.6. The Labute approximate surface area is 95.9 Å². The number of nitro groups is 1. The summed E-state index contributed by atoms with van der Waals surface area (Å²) >= 11 is 5.42. The predicted octanol–water partition coefficient (Wildman–Crippen LogP) is 2.27. The fourth-order valence-corrected chi connectivity index (χ4v) is 1.17. The summed E-state index contributed by atoms with van der Waals surface area (Å²) in [6.07, 6.45) is 0. The van der Waals surface area contributed by atoms with Gasteiger partial charge in [-0.3, -0.25) is 10.1 Å². The lowest BCUT2D eigenvalue weighted by molar-refractivity contribution is -0.387. The first-order valence-electron chi connectivity index (χ1n) is 4.30. The van der Waals surface area contributed by atoms with Gasteiger partial charge in [0.2, 0.25) is 5.82 Å². The number of halogens is 2. The zero-order valence-electron chi connectivity index (χ0n) is 8.41. The van der Waals surface area contributed by atoms with Gasteiger partial charge in [0, 0.05) is 11.6 Å². The number of nitrogens with two attached hydrogens (primary N) is 1. The molecule has 7 heteroatoms. The molecule has 1 aromatic carbocycles. The van der Waals surface area contributed by atoms with E-state index in [1.54, 1.807) is 0 Å². The third-order valence-corrected chi connectivity index (χ3v) is 2.21. The number of alkyl halides is 1. The van der Waals surface area contributed by atoms with Gasteiger partial charge in [-0.15, -0.1) is 11.6 Å². The van der Waals surface area contributed by atoms with E-state index in [-0.39, 0.29) is 23.0 Å². The molecule has 0 heterocycles. The van der Waals surface area contributed by atoms with Crippen molar-refractivity contribution in [3.63, 3.8) is 0 Å². The Morgan fingerprint density at radius 2 is 2.31 bits per heavy atom. The van der Waals surface area contributed by atoms with Gasteiger partial charge in [-0.25, -0.2) is 4.99 Å². The fraction of sp³-hybridized carbons (Fsp3) is 0.222. The molecule has 0 saturated heterocycles. The predicted molar refractivity (Wildman–Crippen MR) is 59.8 cm³/mol. The van der Waals surface area contributed by atoms with Gasteiger partial charge >= 0.3 is 5.69 Å². The van der Waals surface area contributed by atoms with Crippen molar-refractivity contribution in [2.45, 2.75) is 6.92 Å². The number of rotatable bonds is 3. The van der Waals surface area contributed by atoms with Crippen LogP contribution in [0.4, 0.5) is 15.8 Å². The second-order valence-corrected chi connectivity index (χ2v) is 3.30. The van der Waals surface area contributed by atoms with Gasteiger partial charge in [0.05, 0.1) is 16.5 Å². The lowest BCUT2D eigenvalue weighted by atomic mass is 10.1. The molecule has 16 heavy (non-hydrogen) atoms. The van der Waals surface area contributed by atoms with Crippen LogP contribution in [0.25, 0.3) is 0 Å². The van der Waals surface area contributed by atoms with E-state index < -0.39 is 16.4 Å². The van der Waals surface area contributed by atoms with Crippen molar-refractivity contribution >= 4 is 28.8 Å². The molecule has 0 atom stereocenters. The number of nitrogens with zero attached hydrogens (tertiary/aromatic N) is 2. The molecule has 0 aliphatic carbocycles. The number of hydrogen-bond acceptors (Lipinski definition) is 3. The largest absolute Gasteiger partial charge is 0.386 e. The van der Waals surface area contributed by atoms with Crippen molar-refractivity contribution in [1.29, 1.82) is 0 Å². The highest BCUT2D eigenvalue weighted by atomic mass is 35.5. The summed E-state index contributed by atoms with van der Waals surface area (Å²) in [5, 5.41) is 10.4. The van der Waals surface area contributed by atoms with Crippen molar-refractivity contribution in [3.8, 4) is 0 Å². The topological polar surface area (TPSA) is 81.5 Å². The van der Waals surface area contributed by atoms with Crippen LogP contribution in [0.1, 0.15) is 5.56 Å². The van der Waals surface area contributed by atoms with E-state index in [2.05, 4.69) is 4.99 Å². The number of nitro benzene ring substituents is 1. The van der Waals surface area contributed by atoms with Gasteiger partial charge < -0.3 is 5.73 Å². The van der Waals surface area contributed by atoms with E-state index >= 15 is 0 Å². The monoisotopic (exact) mass is 245 g/mol. The molecule has 0 bridgehead atoms. The fourth-order valence-electron chi connectivity index (χ4n) is 1.11. The molecule has 1 aromatic rings. The van der Waals surface area contributed by atoms with Crippen LogP contribution >= 0.6 is 11.6 Å². The van der Waals surface area contributed by atoms with Gasteiger partial charge in [-0.05, 0) is 13.0 Å². The molecular formula is C9H9ClFN3O2. The molecule has 2 N–H and O–H groups in total. The zero-order valence-corrected chi connectivity index (χ0v) is 9.16. The molecule has 86 valence electrons. The molecule has 0 radical (unpaired) electrons. The molecule has 0 aromatic heterocycles. The van der Waals surface area contributed by atoms with E-state index in [0.29, 0.717) is 0 Å². The molecule has 0 fully saturated rings. The Morgan fingerprint density at radius 3 is 2.81 bits per heavy atom. The highest BCUT2D eigenvalue weighted by molar-refractivity contribution is 6.28. The van der Waals surface area contributed by atoms with Gasteiger partial charge in [0.15, 0.2) is 0 Å². The maximum absolute atomic E-state index is 13.5. The maximum Gasteiger partial charge on any atom is 0.305 e. The zero-order chi connectivity index (χ0) is 12.3. The Kier molecular flexibility index (Phi) is 3.78. The van der Waals surface area contributed by atoms with Gasteiger partial charge in [0.25, 0.3) is 0 Å². The Morgan fingerprint density at radius 1 is 1.69 bits per heavy atom. The highest BCUT2D eigenvalue weighted by Gasteiger charge is 2.18. The lowest BCUT2D eigenvalue weighted by Crippen LogP contribution is -2.12. The first-order chi connectivity index (χ1) is 7.47. The molecule has 1 rings (SSSR count). The average Bonchev–Trinajstić information content (AvgIpc) is 2.24. The number of benzene rings is 1. The van der Waals surface area contributed by atoms with Crippen LogP contribution in [-0.2, 0) is 0 Å². The molecule has 0 aliphatic heterocycles. The highest BCUT2D eigenvalue weighted by Crippen LogP contribution is 2.28. The van der Waals surface area contributed by atoms with Crippen LogP contribution in [0.5, 0.6) is 0 Å².